The van der Waals surface area contributed by atoms with E-state index in [2.05, 4.69) is 24.3 Å². The molecule has 0 aliphatic heterocycles. The van der Waals surface area contributed by atoms with E-state index in [1.54, 1.807) is 0 Å². The smallest absolute Gasteiger partial charge is 0.166 e. The van der Waals surface area contributed by atoms with Crippen LogP contribution in [0.4, 0.5) is 26.3 Å². The topological polar surface area (TPSA) is 0 Å². The Hall–Kier alpha value is -3.80. The molecule has 0 aromatic heterocycles. The Morgan fingerprint density at radius 1 is 0.568 bits per heavy atom. The quantitative estimate of drug-likeness (QED) is 0.215. The molecule has 1 unspecified atom stereocenters. The third-order valence-electron chi connectivity index (χ3n) is 7.43. The Morgan fingerprint density at radius 3 is 1.59 bits per heavy atom. The SMILES string of the molecule is FC(F)(F)c1ccc(C(c2ccc(C(F)(F)F)cc2)C2CC=c3ccc4cccc5ccc2c3c54)cc1. The van der Waals surface area contributed by atoms with Gasteiger partial charge in [0.05, 0.1) is 11.1 Å². The Bertz CT molecular complexity index is 1590. The van der Waals surface area contributed by atoms with E-state index >= 15 is 0 Å². The molecule has 0 bridgehead atoms. The summed E-state index contributed by atoms with van der Waals surface area (Å²) < 4.78 is 79.6. The average molecular weight is 506 g/mol. The van der Waals surface area contributed by atoms with Crippen molar-refractivity contribution in [1.82, 2.24) is 0 Å². The van der Waals surface area contributed by atoms with Gasteiger partial charge in [-0.2, -0.15) is 26.3 Å². The first kappa shape index (κ1) is 23.6. The van der Waals surface area contributed by atoms with E-state index in [-0.39, 0.29) is 5.92 Å². The highest BCUT2D eigenvalue weighted by Crippen LogP contribution is 2.46. The summed E-state index contributed by atoms with van der Waals surface area (Å²) in [4.78, 5) is 0. The molecule has 1 aliphatic rings. The predicted octanol–water partition coefficient (Wildman–Crippen LogP) is 8.85. The third kappa shape index (κ3) is 4.05. The van der Waals surface area contributed by atoms with Crippen molar-refractivity contribution in [2.24, 2.45) is 0 Å². The lowest BCUT2D eigenvalue weighted by molar-refractivity contribution is -0.138. The van der Waals surface area contributed by atoms with Gasteiger partial charge in [0.25, 0.3) is 0 Å². The van der Waals surface area contributed by atoms with Crippen molar-refractivity contribution in [2.45, 2.75) is 30.6 Å². The van der Waals surface area contributed by atoms with E-state index < -0.39 is 29.4 Å². The van der Waals surface area contributed by atoms with Crippen LogP contribution in [0.5, 0.6) is 0 Å². The zero-order chi connectivity index (χ0) is 25.9. The van der Waals surface area contributed by atoms with Gasteiger partial charge in [0.2, 0.25) is 0 Å². The summed E-state index contributed by atoms with van der Waals surface area (Å²) in [5.41, 5.74) is 0.780. The number of hydrogen-bond acceptors (Lipinski definition) is 0. The standard InChI is InChI=1S/C31H20F6/c32-30(33,34)23-12-6-20(7-13-23)27(21-8-14-24(15-9-21)31(35,36)37)25-16-11-22-5-4-18-2-1-3-19-10-17-26(25)29(22)28(18)19/h1-15,17,25,27H,16H2. The number of hydrogen-bond donors (Lipinski definition) is 0. The molecule has 0 heterocycles. The lowest BCUT2D eigenvalue weighted by Gasteiger charge is -2.32. The fourth-order valence-corrected chi connectivity index (χ4v) is 5.73. The van der Waals surface area contributed by atoms with Crippen LogP contribution in [-0.4, -0.2) is 0 Å². The van der Waals surface area contributed by atoms with E-state index in [0.29, 0.717) is 17.5 Å². The van der Waals surface area contributed by atoms with Crippen molar-refractivity contribution in [3.05, 3.63) is 124 Å². The van der Waals surface area contributed by atoms with Crippen molar-refractivity contribution in [1.29, 1.82) is 0 Å². The van der Waals surface area contributed by atoms with E-state index in [0.717, 1.165) is 56.6 Å². The number of halogens is 6. The molecule has 6 rings (SSSR count). The first-order chi connectivity index (χ1) is 17.6. The second kappa shape index (κ2) is 8.37. The van der Waals surface area contributed by atoms with Gasteiger partial charge in [-0.3, -0.25) is 0 Å². The Kier molecular flexibility index (Phi) is 5.34. The average Bonchev–Trinajstić information content (AvgIpc) is 2.88. The summed E-state index contributed by atoms with van der Waals surface area (Å²) in [6.07, 6.45) is -6.22. The summed E-state index contributed by atoms with van der Waals surface area (Å²) in [6.45, 7) is 0. The molecule has 0 amide bonds. The van der Waals surface area contributed by atoms with Gasteiger partial charge in [0.1, 0.15) is 0 Å². The Labute approximate surface area is 208 Å². The summed E-state index contributed by atoms with van der Waals surface area (Å²) in [7, 11) is 0. The maximum absolute atomic E-state index is 13.3. The second-order valence-corrected chi connectivity index (χ2v) is 9.53. The van der Waals surface area contributed by atoms with E-state index in [1.807, 2.05) is 24.3 Å². The summed E-state index contributed by atoms with van der Waals surface area (Å²) in [5, 5.41) is 5.49. The largest absolute Gasteiger partial charge is 0.416 e. The third-order valence-corrected chi connectivity index (χ3v) is 7.43. The van der Waals surface area contributed by atoms with Gasteiger partial charge < -0.3 is 0 Å². The highest BCUT2D eigenvalue weighted by Gasteiger charge is 2.34. The highest BCUT2D eigenvalue weighted by molar-refractivity contribution is 6.12. The lowest BCUT2D eigenvalue weighted by Crippen LogP contribution is -2.20. The Balaban J connectivity index is 1.54. The monoisotopic (exact) mass is 506 g/mol. The zero-order valence-electron chi connectivity index (χ0n) is 19.4. The van der Waals surface area contributed by atoms with Gasteiger partial charge in [0, 0.05) is 5.92 Å². The van der Waals surface area contributed by atoms with Gasteiger partial charge in [-0.25, -0.2) is 0 Å². The fourth-order valence-electron chi connectivity index (χ4n) is 5.73. The van der Waals surface area contributed by atoms with Crippen molar-refractivity contribution in [2.75, 3.05) is 0 Å². The van der Waals surface area contributed by atoms with Crippen LogP contribution in [0.15, 0.2) is 91.0 Å². The Morgan fingerprint density at radius 2 is 1.08 bits per heavy atom. The number of alkyl halides is 6. The van der Waals surface area contributed by atoms with Crippen molar-refractivity contribution in [3.63, 3.8) is 0 Å². The minimum atomic E-state index is -4.48. The van der Waals surface area contributed by atoms with Crippen LogP contribution in [0.1, 0.15) is 46.1 Å². The fraction of sp³-hybridized carbons (Fsp3) is 0.161. The normalized spacial score (nSPS) is 15.9. The molecule has 0 radical (unpaired) electrons. The summed E-state index contributed by atoms with van der Waals surface area (Å²) >= 11 is 0. The van der Waals surface area contributed by atoms with Crippen LogP contribution in [0.2, 0.25) is 0 Å². The molecule has 37 heavy (non-hydrogen) atoms. The van der Waals surface area contributed by atoms with Gasteiger partial charge in [0.15, 0.2) is 0 Å². The van der Waals surface area contributed by atoms with Crippen LogP contribution in [0.3, 0.4) is 0 Å². The maximum Gasteiger partial charge on any atom is 0.416 e. The van der Waals surface area contributed by atoms with Gasteiger partial charge >= 0.3 is 12.4 Å². The maximum atomic E-state index is 13.3. The molecule has 186 valence electrons. The van der Waals surface area contributed by atoms with Crippen molar-refractivity contribution >= 4 is 27.6 Å². The molecule has 1 aliphatic carbocycles. The van der Waals surface area contributed by atoms with Crippen molar-refractivity contribution in [3.8, 4) is 0 Å². The van der Waals surface area contributed by atoms with Crippen molar-refractivity contribution < 1.29 is 26.3 Å². The molecule has 0 N–H and O–H groups in total. The highest BCUT2D eigenvalue weighted by atomic mass is 19.4. The molecular formula is C31H20F6. The molecule has 0 spiro atoms. The molecular weight excluding hydrogens is 486 g/mol. The summed E-state index contributed by atoms with van der Waals surface area (Å²) in [5.74, 6) is -0.606. The number of benzene rings is 5. The zero-order valence-corrected chi connectivity index (χ0v) is 19.4. The molecule has 0 nitrogen and oxygen atoms in total. The summed E-state index contributed by atoms with van der Waals surface area (Å²) in [6, 6.07) is 24.3. The molecule has 0 saturated carbocycles. The van der Waals surface area contributed by atoms with Crippen LogP contribution >= 0.6 is 0 Å². The minimum absolute atomic E-state index is 0.170. The van der Waals surface area contributed by atoms with Gasteiger partial charge in [-0.1, -0.05) is 72.8 Å². The van der Waals surface area contributed by atoms with Gasteiger partial charge in [-0.05, 0) is 80.1 Å². The first-order valence-corrected chi connectivity index (χ1v) is 11.9. The first-order valence-electron chi connectivity index (χ1n) is 11.9. The van der Waals surface area contributed by atoms with Crippen LogP contribution in [0, 0.1) is 0 Å². The molecule has 1 atom stereocenters. The van der Waals surface area contributed by atoms with E-state index in [9.17, 15) is 26.3 Å². The second-order valence-electron chi connectivity index (χ2n) is 9.53. The van der Waals surface area contributed by atoms with E-state index in [4.69, 9.17) is 0 Å². The molecule has 0 saturated heterocycles. The van der Waals surface area contributed by atoms with Gasteiger partial charge in [-0.15, -0.1) is 0 Å². The van der Waals surface area contributed by atoms with Crippen LogP contribution < -0.4 is 5.22 Å². The van der Waals surface area contributed by atoms with Crippen LogP contribution in [-0.2, 0) is 12.4 Å². The lowest BCUT2D eigenvalue weighted by atomic mass is 9.72. The molecule has 5 aromatic carbocycles. The molecule has 6 heteroatoms. The number of rotatable bonds is 3. The molecule has 5 aromatic rings. The molecule has 0 fully saturated rings. The van der Waals surface area contributed by atoms with E-state index in [1.165, 1.54) is 24.3 Å². The van der Waals surface area contributed by atoms with Crippen LogP contribution in [0.25, 0.3) is 27.6 Å². The minimum Gasteiger partial charge on any atom is -0.166 e. The predicted molar refractivity (Wildman–Crippen MR) is 133 cm³/mol.